The Labute approximate surface area is 123 Å². The van der Waals surface area contributed by atoms with Crippen molar-refractivity contribution in [1.29, 1.82) is 0 Å². The third kappa shape index (κ3) is 4.18. The van der Waals surface area contributed by atoms with Gasteiger partial charge in [0.2, 0.25) is 0 Å². The summed E-state index contributed by atoms with van der Waals surface area (Å²) >= 11 is 5.44. The van der Waals surface area contributed by atoms with E-state index < -0.39 is 0 Å². The van der Waals surface area contributed by atoms with E-state index in [2.05, 4.69) is 59.3 Å². The monoisotopic (exact) mass is 330 g/mol. The van der Waals surface area contributed by atoms with Crippen molar-refractivity contribution in [2.24, 2.45) is 5.73 Å². The molecule has 0 amide bonds. The van der Waals surface area contributed by atoms with Crippen molar-refractivity contribution in [3.05, 3.63) is 28.2 Å². The minimum Gasteiger partial charge on any atom is -0.372 e. The topological polar surface area (TPSA) is 29.3 Å². The van der Waals surface area contributed by atoms with E-state index >= 15 is 0 Å². The molecule has 4 heteroatoms. The molecule has 1 rings (SSSR count). The van der Waals surface area contributed by atoms with E-state index in [9.17, 15) is 0 Å². The van der Waals surface area contributed by atoms with Crippen LogP contribution in [0.15, 0.2) is 22.7 Å². The van der Waals surface area contributed by atoms with Crippen molar-refractivity contribution in [3.8, 4) is 0 Å². The maximum absolute atomic E-state index is 6.06. The van der Waals surface area contributed by atoms with Crippen LogP contribution in [0.5, 0.6) is 0 Å². The van der Waals surface area contributed by atoms with Crippen molar-refractivity contribution in [3.63, 3.8) is 0 Å². The molecule has 0 aliphatic carbocycles. The number of benzene rings is 1. The van der Waals surface area contributed by atoms with Gasteiger partial charge in [0.15, 0.2) is 0 Å². The Morgan fingerprint density at radius 2 is 2.06 bits per heavy atom. The van der Waals surface area contributed by atoms with E-state index in [1.54, 1.807) is 0 Å². The summed E-state index contributed by atoms with van der Waals surface area (Å²) in [5, 5.41) is 0. The van der Waals surface area contributed by atoms with E-state index in [-0.39, 0.29) is 6.04 Å². The molecule has 0 heterocycles. The molecule has 2 atom stereocenters. The lowest BCUT2D eigenvalue weighted by Crippen LogP contribution is -2.30. The van der Waals surface area contributed by atoms with E-state index in [1.807, 2.05) is 18.7 Å². The summed E-state index contributed by atoms with van der Waals surface area (Å²) in [5.41, 5.74) is 8.49. The van der Waals surface area contributed by atoms with Crippen molar-refractivity contribution < 1.29 is 0 Å². The molecule has 0 saturated carbocycles. The first-order valence-corrected chi connectivity index (χ1v) is 8.42. The first kappa shape index (κ1) is 15.9. The molecule has 1 aromatic carbocycles. The Bertz CT molecular complexity index is 382. The molecule has 0 aliphatic rings. The molecule has 102 valence electrons. The van der Waals surface area contributed by atoms with E-state index in [0.29, 0.717) is 6.04 Å². The lowest BCUT2D eigenvalue weighted by molar-refractivity contribution is 0.662. The van der Waals surface area contributed by atoms with Crippen LogP contribution in [0.25, 0.3) is 0 Å². The zero-order valence-corrected chi connectivity index (χ0v) is 14.0. The fourth-order valence-corrected chi connectivity index (χ4v) is 2.85. The Morgan fingerprint density at radius 3 is 2.61 bits per heavy atom. The summed E-state index contributed by atoms with van der Waals surface area (Å²) in [6.45, 7) is 4.30. The molecule has 2 unspecified atom stereocenters. The summed E-state index contributed by atoms with van der Waals surface area (Å²) in [5.74, 6) is 1.19. The fraction of sp³-hybridized carbons (Fsp3) is 0.571. The quantitative estimate of drug-likeness (QED) is 0.853. The number of thioether (sulfide) groups is 1. The first-order valence-electron chi connectivity index (χ1n) is 6.24. The van der Waals surface area contributed by atoms with Crippen LogP contribution in [0.4, 0.5) is 5.69 Å². The SMILES string of the molecule is CSCCC(C)N(C)c1cc(Br)ccc1C(C)N. The lowest BCUT2D eigenvalue weighted by Gasteiger charge is -2.30. The number of anilines is 1. The van der Waals surface area contributed by atoms with Gasteiger partial charge in [-0.1, -0.05) is 22.0 Å². The van der Waals surface area contributed by atoms with Gasteiger partial charge in [-0.05, 0) is 50.0 Å². The van der Waals surface area contributed by atoms with Crippen LogP contribution in [0.3, 0.4) is 0 Å². The highest BCUT2D eigenvalue weighted by Crippen LogP contribution is 2.29. The Balaban J connectivity index is 2.95. The van der Waals surface area contributed by atoms with Gasteiger partial charge in [-0.25, -0.2) is 0 Å². The largest absolute Gasteiger partial charge is 0.372 e. The zero-order chi connectivity index (χ0) is 13.7. The second-order valence-electron chi connectivity index (χ2n) is 4.73. The van der Waals surface area contributed by atoms with Crippen LogP contribution in [0.2, 0.25) is 0 Å². The second-order valence-corrected chi connectivity index (χ2v) is 6.63. The van der Waals surface area contributed by atoms with Gasteiger partial charge >= 0.3 is 0 Å². The van der Waals surface area contributed by atoms with Crippen molar-refractivity contribution in [2.45, 2.75) is 32.4 Å². The maximum atomic E-state index is 6.06. The number of hydrogen-bond acceptors (Lipinski definition) is 3. The Morgan fingerprint density at radius 1 is 1.39 bits per heavy atom. The highest BCUT2D eigenvalue weighted by Gasteiger charge is 2.15. The number of nitrogens with zero attached hydrogens (tertiary/aromatic N) is 1. The molecule has 1 aromatic rings. The van der Waals surface area contributed by atoms with E-state index in [1.165, 1.54) is 23.4 Å². The van der Waals surface area contributed by atoms with Crippen molar-refractivity contribution in [1.82, 2.24) is 0 Å². The normalized spacial score (nSPS) is 14.3. The molecule has 0 spiro atoms. The molecular weight excluding hydrogens is 308 g/mol. The van der Waals surface area contributed by atoms with Gasteiger partial charge < -0.3 is 10.6 Å². The maximum Gasteiger partial charge on any atom is 0.0425 e. The highest BCUT2D eigenvalue weighted by atomic mass is 79.9. The minimum atomic E-state index is 0.0586. The number of hydrogen-bond donors (Lipinski definition) is 1. The fourth-order valence-electron chi connectivity index (χ4n) is 1.93. The molecule has 2 nitrogen and oxygen atoms in total. The molecule has 18 heavy (non-hydrogen) atoms. The number of rotatable bonds is 6. The molecule has 0 radical (unpaired) electrons. The Kier molecular flexibility index (Phi) is 6.53. The van der Waals surface area contributed by atoms with E-state index in [4.69, 9.17) is 5.73 Å². The predicted octanol–water partition coefficient (Wildman–Crippen LogP) is 4.05. The average Bonchev–Trinajstić information content (AvgIpc) is 2.34. The zero-order valence-electron chi connectivity index (χ0n) is 11.6. The molecule has 0 bridgehead atoms. The molecule has 0 saturated heterocycles. The van der Waals surface area contributed by atoms with Gasteiger partial charge in [-0.15, -0.1) is 0 Å². The van der Waals surface area contributed by atoms with Gasteiger partial charge in [-0.3, -0.25) is 0 Å². The molecule has 2 N–H and O–H groups in total. The summed E-state index contributed by atoms with van der Waals surface area (Å²) in [6, 6.07) is 6.91. The van der Waals surface area contributed by atoms with Crippen LogP contribution in [-0.4, -0.2) is 25.1 Å². The first-order chi connectivity index (χ1) is 8.47. The van der Waals surface area contributed by atoms with Crippen molar-refractivity contribution >= 4 is 33.4 Å². The van der Waals surface area contributed by atoms with Crippen LogP contribution < -0.4 is 10.6 Å². The number of nitrogens with two attached hydrogens (primary N) is 1. The van der Waals surface area contributed by atoms with Gasteiger partial charge in [0, 0.05) is 29.3 Å². The van der Waals surface area contributed by atoms with Gasteiger partial charge in [0.05, 0.1) is 0 Å². The summed E-state index contributed by atoms with van der Waals surface area (Å²) < 4.78 is 1.10. The van der Waals surface area contributed by atoms with Crippen molar-refractivity contribution in [2.75, 3.05) is 24.0 Å². The second kappa shape index (κ2) is 7.41. The number of halogens is 1. The standard InChI is InChI=1S/C14H23BrN2S/c1-10(7-8-18-4)17(3)14-9-12(15)5-6-13(14)11(2)16/h5-6,9-11H,7-8,16H2,1-4H3. The highest BCUT2D eigenvalue weighted by molar-refractivity contribution is 9.10. The average molecular weight is 331 g/mol. The van der Waals surface area contributed by atoms with Gasteiger partial charge in [-0.2, -0.15) is 11.8 Å². The van der Waals surface area contributed by atoms with Gasteiger partial charge in [0.1, 0.15) is 0 Å². The lowest BCUT2D eigenvalue weighted by atomic mass is 10.0. The third-order valence-corrected chi connectivity index (χ3v) is 4.40. The minimum absolute atomic E-state index is 0.0586. The van der Waals surface area contributed by atoms with Crippen LogP contribution in [-0.2, 0) is 0 Å². The van der Waals surface area contributed by atoms with Crippen LogP contribution in [0.1, 0.15) is 31.9 Å². The van der Waals surface area contributed by atoms with Gasteiger partial charge in [0.25, 0.3) is 0 Å². The molecule has 0 aliphatic heterocycles. The predicted molar refractivity (Wildman–Crippen MR) is 87.6 cm³/mol. The van der Waals surface area contributed by atoms with E-state index in [0.717, 1.165) is 4.47 Å². The molecule has 0 fully saturated rings. The Hall–Kier alpha value is -0.190. The van der Waals surface area contributed by atoms with Crippen LogP contribution >= 0.6 is 27.7 Å². The summed E-state index contributed by atoms with van der Waals surface area (Å²) in [7, 11) is 2.15. The third-order valence-electron chi connectivity index (χ3n) is 3.26. The molecular formula is C14H23BrN2S. The van der Waals surface area contributed by atoms with Crippen LogP contribution in [0, 0.1) is 0 Å². The molecule has 0 aromatic heterocycles. The smallest absolute Gasteiger partial charge is 0.0425 e. The summed E-state index contributed by atoms with van der Waals surface area (Å²) in [4.78, 5) is 2.33. The summed E-state index contributed by atoms with van der Waals surface area (Å²) in [6.07, 6.45) is 3.34.